The SMILES string of the molecule is COc1cc(C)nc(N2CCC(N)CC2C)n1. The number of rotatable bonds is 2. The van der Waals surface area contributed by atoms with Gasteiger partial charge < -0.3 is 15.4 Å². The van der Waals surface area contributed by atoms with Gasteiger partial charge >= 0.3 is 0 Å². The first-order valence-electron chi connectivity index (χ1n) is 6.02. The predicted molar refractivity (Wildman–Crippen MR) is 67.3 cm³/mol. The van der Waals surface area contributed by atoms with Crippen LogP contribution in [0, 0.1) is 6.92 Å². The average Bonchev–Trinajstić information content (AvgIpc) is 2.28. The molecule has 0 saturated carbocycles. The lowest BCUT2D eigenvalue weighted by Crippen LogP contribution is -2.46. The Morgan fingerprint density at radius 2 is 2.24 bits per heavy atom. The molecule has 1 saturated heterocycles. The molecule has 5 heteroatoms. The van der Waals surface area contributed by atoms with Gasteiger partial charge in [0.15, 0.2) is 0 Å². The third kappa shape index (κ3) is 2.66. The van der Waals surface area contributed by atoms with Crippen molar-refractivity contribution in [2.45, 2.75) is 38.8 Å². The van der Waals surface area contributed by atoms with E-state index in [4.69, 9.17) is 10.5 Å². The molecule has 1 aliphatic heterocycles. The molecule has 1 fully saturated rings. The summed E-state index contributed by atoms with van der Waals surface area (Å²) in [7, 11) is 1.63. The van der Waals surface area contributed by atoms with E-state index in [0.717, 1.165) is 31.0 Å². The van der Waals surface area contributed by atoms with E-state index < -0.39 is 0 Å². The minimum absolute atomic E-state index is 0.299. The molecule has 2 heterocycles. The van der Waals surface area contributed by atoms with Crippen LogP contribution in [0.5, 0.6) is 5.88 Å². The smallest absolute Gasteiger partial charge is 0.229 e. The fourth-order valence-corrected chi connectivity index (χ4v) is 2.26. The van der Waals surface area contributed by atoms with Gasteiger partial charge in [0.2, 0.25) is 11.8 Å². The van der Waals surface area contributed by atoms with Gasteiger partial charge in [-0.3, -0.25) is 0 Å². The summed E-state index contributed by atoms with van der Waals surface area (Å²) in [6.45, 7) is 5.03. The summed E-state index contributed by atoms with van der Waals surface area (Å²) in [5, 5.41) is 0. The fourth-order valence-electron chi connectivity index (χ4n) is 2.26. The molecule has 0 spiro atoms. The Hall–Kier alpha value is -1.36. The molecule has 0 bridgehead atoms. The molecule has 2 N–H and O–H groups in total. The van der Waals surface area contributed by atoms with Crippen molar-refractivity contribution < 1.29 is 4.74 Å². The van der Waals surface area contributed by atoms with Crippen molar-refractivity contribution >= 4 is 5.95 Å². The largest absolute Gasteiger partial charge is 0.481 e. The molecule has 1 aromatic heterocycles. The third-order valence-electron chi connectivity index (χ3n) is 3.20. The number of hydrogen-bond donors (Lipinski definition) is 1. The molecule has 17 heavy (non-hydrogen) atoms. The van der Waals surface area contributed by atoms with Gasteiger partial charge in [0.25, 0.3) is 0 Å². The molecule has 1 aromatic rings. The molecule has 5 nitrogen and oxygen atoms in total. The number of aromatic nitrogens is 2. The monoisotopic (exact) mass is 236 g/mol. The van der Waals surface area contributed by atoms with Crippen molar-refractivity contribution in [2.75, 3.05) is 18.6 Å². The lowest BCUT2D eigenvalue weighted by atomic mass is 10.00. The Morgan fingerprint density at radius 3 is 2.88 bits per heavy atom. The molecule has 2 atom stereocenters. The van der Waals surface area contributed by atoms with E-state index in [1.807, 2.05) is 13.0 Å². The van der Waals surface area contributed by atoms with Crippen LogP contribution in [0.3, 0.4) is 0 Å². The zero-order chi connectivity index (χ0) is 12.4. The summed E-state index contributed by atoms with van der Waals surface area (Å²) in [6.07, 6.45) is 1.98. The van der Waals surface area contributed by atoms with Crippen LogP contribution in [0.15, 0.2) is 6.07 Å². The molecule has 0 aliphatic carbocycles. The zero-order valence-corrected chi connectivity index (χ0v) is 10.7. The fraction of sp³-hybridized carbons (Fsp3) is 0.667. The highest BCUT2D eigenvalue weighted by molar-refractivity contribution is 5.36. The van der Waals surface area contributed by atoms with Gasteiger partial charge in [0.05, 0.1) is 7.11 Å². The maximum absolute atomic E-state index is 5.96. The van der Waals surface area contributed by atoms with Crippen LogP contribution >= 0.6 is 0 Å². The lowest BCUT2D eigenvalue weighted by molar-refractivity contribution is 0.390. The second-order valence-electron chi connectivity index (χ2n) is 4.68. The molecule has 2 rings (SSSR count). The average molecular weight is 236 g/mol. The van der Waals surface area contributed by atoms with E-state index >= 15 is 0 Å². The molecule has 94 valence electrons. The Labute approximate surface area is 102 Å². The highest BCUT2D eigenvalue weighted by Gasteiger charge is 2.25. The number of nitrogens with zero attached hydrogens (tertiary/aromatic N) is 3. The molecule has 0 amide bonds. The summed E-state index contributed by atoms with van der Waals surface area (Å²) >= 11 is 0. The Bertz CT molecular complexity index is 396. The predicted octanol–water partition coefficient (Wildman–Crippen LogP) is 1.11. The van der Waals surface area contributed by atoms with E-state index in [9.17, 15) is 0 Å². The van der Waals surface area contributed by atoms with Crippen LogP contribution in [0.2, 0.25) is 0 Å². The van der Waals surface area contributed by atoms with E-state index in [2.05, 4.69) is 21.8 Å². The van der Waals surface area contributed by atoms with Gasteiger partial charge in [0.1, 0.15) is 0 Å². The quantitative estimate of drug-likeness (QED) is 0.833. The molecule has 0 aromatic carbocycles. The van der Waals surface area contributed by atoms with Gasteiger partial charge in [-0.05, 0) is 26.7 Å². The van der Waals surface area contributed by atoms with E-state index in [-0.39, 0.29) is 0 Å². The van der Waals surface area contributed by atoms with Crippen molar-refractivity contribution in [2.24, 2.45) is 5.73 Å². The summed E-state index contributed by atoms with van der Waals surface area (Å²) in [5.41, 5.74) is 6.88. The first-order valence-corrected chi connectivity index (χ1v) is 6.02. The van der Waals surface area contributed by atoms with Gasteiger partial charge in [-0.2, -0.15) is 4.98 Å². The van der Waals surface area contributed by atoms with Crippen LogP contribution in [-0.4, -0.2) is 35.7 Å². The minimum Gasteiger partial charge on any atom is -0.481 e. The normalized spacial score (nSPS) is 24.8. The third-order valence-corrected chi connectivity index (χ3v) is 3.20. The highest BCUT2D eigenvalue weighted by Crippen LogP contribution is 2.23. The summed E-state index contributed by atoms with van der Waals surface area (Å²) in [6, 6.07) is 2.52. The van der Waals surface area contributed by atoms with Gasteiger partial charge in [0, 0.05) is 30.4 Å². The van der Waals surface area contributed by atoms with Crippen LogP contribution in [-0.2, 0) is 0 Å². The number of aryl methyl sites for hydroxylation is 1. The molecular weight excluding hydrogens is 216 g/mol. The first-order chi connectivity index (χ1) is 8.10. The van der Waals surface area contributed by atoms with Gasteiger partial charge in [-0.15, -0.1) is 0 Å². The van der Waals surface area contributed by atoms with E-state index in [0.29, 0.717) is 18.0 Å². The van der Waals surface area contributed by atoms with Crippen molar-refractivity contribution in [1.29, 1.82) is 0 Å². The lowest BCUT2D eigenvalue weighted by Gasteiger charge is -2.36. The first kappa shape index (κ1) is 12.1. The summed E-state index contributed by atoms with van der Waals surface area (Å²) in [4.78, 5) is 11.1. The van der Waals surface area contributed by atoms with Crippen molar-refractivity contribution in [1.82, 2.24) is 9.97 Å². The second-order valence-corrected chi connectivity index (χ2v) is 4.68. The number of piperidine rings is 1. The van der Waals surface area contributed by atoms with Crippen LogP contribution in [0.25, 0.3) is 0 Å². The molecule has 1 aliphatic rings. The summed E-state index contributed by atoms with van der Waals surface area (Å²) in [5.74, 6) is 1.37. The van der Waals surface area contributed by atoms with Crippen LogP contribution in [0.4, 0.5) is 5.95 Å². The van der Waals surface area contributed by atoms with Crippen LogP contribution < -0.4 is 15.4 Å². The molecule has 0 radical (unpaired) electrons. The maximum Gasteiger partial charge on any atom is 0.229 e. The number of nitrogens with two attached hydrogens (primary N) is 1. The zero-order valence-electron chi connectivity index (χ0n) is 10.7. The number of hydrogen-bond acceptors (Lipinski definition) is 5. The van der Waals surface area contributed by atoms with Crippen molar-refractivity contribution in [3.8, 4) is 5.88 Å². The van der Waals surface area contributed by atoms with Gasteiger partial charge in [-0.1, -0.05) is 0 Å². The van der Waals surface area contributed by atoms with Crippen molar-refractivity contribution in [3.05, 3.63) is 11.8 Å². The number of ether oxygens (including phenoxy) is 1. The Balaban J connectivity index is 2.24. The minimum atomic E-state index is 0.299. The second kappa shape index (κ2) is 4.87. The summed E-state index contributed by atoms with van der Waals surface area (Å²) < 4.78 is 5.18. The number of anilines is 1. The maximum atomic E-state index is 5.96. The topological polar surface area (TPSA) is 64.3 Å². The highest BCUT2D eigenvalue weighted by atomic mass is 16.5. The van der Waals surface area contributed by atoms with E-state index in [1.165, 1.54) is 0 Å². The standard InChI is InChI=1S/C12H20N4O/c1-8-6-11(17-3)15-12(14-8)16-5-4-10(13)7-9(16)2/h6,9-10H,4-5,7,13H2,1-3H3. The number of methoxy groups -OCH3 is 1. The van der Waals surface area contributed by atoms with Crippen LogP contribution in [0.1, 0.15) is 25.5 Å². The Morgan fingerprint density at radius 1 is 1.47 bits per heavy atom. The van der Waals surface area contributed by atoms with Crippen molar-refractivity contribution in [3.63, 3.8) is 0 Å². The Kier molecular flexibility index (Phi) is 3.47. The molecule has 2 unspecified atom stereocenters. The van der Waals surface area contributed by atoms with Gasteiger partial charge in [-0.25, -0.2) is 4.98 Å². The molecular formula is C12H20N4O. The van der Waals surface area contributed by atoms with E-state index in [1.54, 1.807) is 7.11 Å².